The minimum atomic E-state index is -0.378. The Morgan fingerprint density at radius 2 is 2.11 bits per heavy atom. The summed E-state index contributed by atoms with van der Waals surface area (Å²) < 4.78 is 5.68. The minimum Gasteiger partial charge on any atom is -0.389 e. The van der Waals surface area contributed by atoms with Gasteiger partial charge in [-0.1, -0.05) is 26.0 Å². The fourth-order valence-corrected chi connectivity index (χ4v) is 2.58. The van der Waals surface area contributed by atoms with Gasteiger partial charge in [-0.3, -0.25) is 0 Å². The van der Waals surface area contributed by atoms with Crippen LogP contribution in [-0.4, -0.2) is 37.5 Å². The van der Waals surface area contributed by atoms with E-state index in [0.717, 1.165) is 26.0 Å². The number of hydrogen-bond acceptors (Lipinski definition) is 3. The number of aliphatic hydroxyl groups excluding tert-OH is 1. The first-order valence-electron chi connectivity index (χ1n) is 7.71. The van der Waals surface area contributed by atoms with Crippen molar-refractivity contribution in [2.45, 2.75) is 45.6 Å². The van der Waals surface area contributed by atoms with Crippen LogP contribution in [0.3, 0.4) is 0 Å². The molecule has 2 aliphatic carbocycles. The molecule has 19 heavy (non-hydrogen) atoms. The smallest absolute Gasteiger partial charge is 0.0897 e. The molecule has 3 heteroatoms. The Balaban J connectivity index is 1.51. The molecule has 1 fully saturated rings. The van der Waals surface area contributed by atoms with Crippen molar-refractivity contribution >= 4 is 0 Å². The van der Waals surface area contributed by atoms with Gasteiger partial charge in [0, 0.05) is 13.1 Å². The van der Waals surface area contributed by atoms with Crippen molar-refractivity contribution in [3.63, 3.8) is 0 Å². The lowest BCUT2D eigenvalue weighted by Crippen LogP contribution is -2.34. The predicted octanol–water partition coefficient (Wildman–Crippen LogP) is 2.36. The highest BCUT2D eigenvalue weighted by molar-refractivity contribution is 4.93. The Labute approximate surface area is 117 Å². The second-order valence-electron chi connectivity index (χ2n) is 6.81. The summed E-state index contributed by atoms with van der Waals surface area (Å²) in [5.74, 6) is 1.32. The molecule has 0 saturated heterocycles. The molecular weight excluding hydrogens is 238 g/mol. The van der Waals surface area contributed by atoms with Crippen molar-refractivity contribution in [2.75, 3.05) is 26.3 Å². The van der Waals surface area contributed by atoms with Gasteiger partial charge in [-0.25, -0.2) is 0 Å². The average molecular weight is 267 g/mol. The molecule has 0 radical (unpaired) electrons. The van der Waals surface area contributed by atoms with Crippen molar-refractivity contribution in [3.05, 3.63) is 12.2 Å². The minimum absolute atomic E-state index is 0.378. The van der Waals surface area contributed by atoms with E-state index in [0.29, 0.717) is 30.4 Å². The van der Waals surface area contributed by atoms with Crippen LogP contribution in [0.5, 0.6) is 0 Å². The standard InChI is InChI=1S/C16H29NO2/c1-13-5-3-4-6-14(13)10-19-11-15(18)9-17-12-16(2)7-8-16/h3-4,13-15,17-18H,5-12H2,1-2H3. The summed E-state index contributed by atoms with van der Waals surface area (Å²) in [7, 11) is 0. The van der Waals surface area contributed by atoms with Gasteiger partial charge in [-0.2, -0.15) is 0 Å². The molecule has 0 heterocycles. The molecular formula is C16H29NO2. The van der Waals surface area contributed by atoms with Crippen molar-refractivity contribution in [3.8, 4) is 0 Å². The predicted molar refractivity (Wildman–Crippen MR) is 78.1 cm³/mol. The van der Waals surface area contributed by atoms with Crippen LogP contribution in [0.15, 0.2) is 12.2 Å². The molecule has 0 spiro atoms. The summed E-state index contributed by atoms with van der Waals surface area (Å²) in [5.41, 5.74) is 0.504. The highest BCUT2D eigenvalue weighted by Crippen LogP contribution is 2.43. The second kappa shape index (κ2) is 6.87. The zero-order valence-electron chi connectivity index (χ0n) is 12.4. The Morgan fingerprint density at radius 3 is 2.79 bits per heavy atom. The van der Waals surface area contributed by atoms with E-state index in [-0.39, 0.29) is 6.10 Å². The van der Waals surface area contributed by atoms with Crippen molar-refractivity contribution in [1.82, 2.24) is 5.32 Å². The third-order valence-electron chi connectivity index (χ3n) is 4.60. The summed E-state index contributed by atoms with van der Waals surface area (Å²) in [5, 5.41) is 13.2. The van der Waals surface area contributed by atoms with Gasteiger partial charge in [0.25, 0.3) is 0 Å². The van der Waals surface area contributed by atoms with Crippen LogP contribution in [0.1, 0.15) is 39.5 Å². The van der Waals surface area contributed by atoms with E-state index >= 15 is 0 Å². The summed E-state index contributed by atoms with van der Waals surface area (Å²) in [6.45, 7) is 7.48. The van der Waals surface area contributed by atoms with Crippen LogP contribution < -0.4 is 5.32 Å². The molecule has 2 N–H and O–H groups in total. The molecule has 2 aliphatic rings. The fourth-order valence-electron chi connectivity index (χ4n) is 2.58. The second-order valence-corrected chi connectivity index (χ2v) is 6.81. The molecule has 0 bridgehead atoms. The lowest BCUT2D eigenvalue weighted by Gasteiger charge is -2.25. The maximum Gasteiger partial charge on any atom is 0.0897 e. The van der Waals surface area contributed by atoms with Crippen molar-refractivity contribution in [1.29, 1.82) is 0 Å². The molecule has 1 saturated carbocycles. The third kappa shape index (κ3) is 5.25. The molecule has 0 aromatic heterocycles. The van der Waals surface area contributed by atoms with Gasteiger partial charge in [0.1, 0.15) is 0 Å². The number of allylic oxidation sites excluding steroid dienone is 2. The van der Waals surface area contributed by atoms with Gasteiger partial charge in [-0.15, -0.1) is 0 Å². The van der Waals surface area contributed by atoms with E-state index in [2.05, 4.69) is 31.3 Å². The summed E-state index contributed by atoms with van der Waals surface area (Å²) in [6, 6.07) is 0. The van der Waals surface area contributed by atoms with E-state index in [1.165, 1.54) is 12.8 Å². The number of rotatable bonds is 8. The molecule has 0 aliphatic heterocycles. The van der Waals surface area contributed by atoms with E-state index in [1.54, 1.807) is 0 Å². The first-order chi connectivity index (χ1) is 9.09. The van der Waals surface area contributed by atoms with E-state index in [1.807, 2.05) is 0 Å². The topological polar surface area (TPSA) is 41.5 Å². The largest absolute Gasteiger partial charge is 0.389 e. The van der Waals surface area contributed by atoms with Crippen LogP contribution >= 0.6 is 0 Å². The summed E-state index contributed by atoms with van der Waals surface area (Å²) >= 11 is 0. The van der Waals surface area contributed by atoms with Gasteiger partial charge in [0.2, 0.25) is 0 Å². The van der Waals surface area contributed by atoms with Crippen LogP contribution in [0.4, 0.5) is 0 Å². The summed E-state index contributed by atoms with van der Waals surface area (Å²) in [6.07, 6.45) is 9.06. The zero-order chi connectivity index (χ0) is 13.7. The normalized spacial score (nSPS) is 30.3. The Morgan fingerprint density at radius 1 is 1.37 bits per heavy atom. The molecule has 3 nitrogen and oxygen atoms in total. The molecule has 3 atom stereocenters. The third-order valence-corrected chi connectivity index (χ3v) is 4.60. The monoisotopic (exact) mass is 267 g/mol. The molecule has 110 valence electrons. The molecule has 2 rings (SSSR count). The van der Waals surface area contributed by atoms with Gasteiger partial charge in [0.05, 0.1) is 19.3 Å². The van der Waals surface area contributed by atoms with Gasteiger partial charge < -0.3 is 15.2 Å². The number of aliphatic hydroxyl groups is 1. The van der Waals surface area contributed by atoms with E-state index in [4.69, 9.17) is 4.74 Å². The highest BCUT2D eigenvalue weighted by Gasteiger charge is 2.36. The van der Waals surface area contributed by atoms with E-state index in [9.17, 15) is 5.11 Å². The van der Waals surface area contributed by atoms with Gasteiger partial charge >= 0.3 is 0 Å². The maximum atomic E-state index is 9.86. The SMILES string of the molecule is CC1CC=CCC1COCC(O)CNCC1(C)CC1. The van der Waals surface area contributed by atoms with Crippen LogP contribution in [-0.2, 0) is 4.74 Å². The lowest BCUT2D eigenvalue weighted by molar-refractivity contribution is 0.0126. The molecule has 3 unspecified atom stereocenters. The lowest BCUT2D eigenvalue weighted by atomic mass is 9.85. The van der Waals surface area contributed by atoms with Crippen LogP contribution in [0, 0.1) is 17.3 Å². The maximum absolute atomic E-state index is 9.86. The van der Waals surface area contributed by atoms with E-state index < -0.39 is 0 Å². The highest BCUT2D eigenvalue weighted by atomic mass is 16.5. The van der Waals surface area contributed by atoms with Gasteiger partial charge in [0.15, 0.2) is 0 Å². The van der Waals surface area contributed by atoms with Crippen LogP contribution in [0.2, 0.25) is 0 Å². The van der Waals surface area contributed by atoms with Crippen molar-refractivity contribution in [2.24, 2.45) is 17.3 Å². The Hall–Kier alpha value is -0.380. The molecule has 0 amide bonds. The average Bonchev–Trinajstić information content (AvgIpc) is 3.10. The molecule has 0 aromatic carbocycles. The first kappa shape index (κ1) is 15.0. The van der Waals surface area contributed by atoms with Crippen molar-refractivity contribution < 1.29 is 9.84 Å². The zero-order valence-corrected chi connectivity index (χ0v) is 12.4. The number of hydrogen-bond donors (Lipinski definition) is 2. The molecule has 0 aromatic rings. The Kier molecular flexibility index (Phi) is 5.43. The summed E-state index contributed by atoms with van der Waals surface area (Å²) in [4.78, 5) is 0. The Bertz CT molecular complexity index is 299. The number of nitrogens with one attached hydrogen (secondary N) is 1. The van der Waals surface area contributed by atoms with Gasteiger partial charge in [-0.05, 0) is 42.9 Å². The quantitative estimate of drug-likeness (QED) is 0.663. The van der Waals surface area contributed by atoms with Crippen LogP contribution in [0.25, 0.3) is 0 Å². The first-order valence-corrected chi connectivity index (χ1v) is 7.71. The fraction of sp³-hybridized carbons (Fsp3) is 0.875. The number of ether oxygens (including phenoxy) is 1.